The molecule has 1 atom stereocenters. The van der Waals surface area contributed by atoms with E-state index in [1.807, 2.05) is 35.9 Å². The van der Waals surface area contributed by atoms with Gasteiger partial charge >= 0.3 is 5.97 Å². The van der Waals surface area contributed by atoms with E-state index in [1.54, 1.807) is 13.3 Å². The third-order valence-corrected chi connectivity index (χ3v) is 3.51. The molecule has 6 nitrogen and oxygen atoms in total. The molecular formula is C15H20N4O2. The van der Waals surface area contributed by atoms with E-state index in [0.717, 1.165) is 36.5 Å². The van der Waals surface area contributed by atoms with Gasteiger partial charge in [0, 0.05) is 26.6 Å². The van der Waals surface area contributed by atoms with Crippen LogP contribution in [0.1, 0.15) is 29.8 Å². The molecule has 112 valence electrons. The molecule has 1 aromatic heterocycles. The van der Waals surface area contributed by atoms with E-state index in [-0.39, 0.29) is 0 Å². The van der Waals surface area contributed by atoms with Gasteiger partial charge in [-0.05, 0) is 18.1 Å². The Labute approximate surface area is 123 Å². The third-order valence-electron chi connectivity index (χ3n) is 3.51. The van der Waals surface area contributed by atoms with Crippen molar-refractivity contribution in [2.45, 2.75) is 25.8 Å². The molecular weight excluding hydrogens is 268 g/mol. The summed E-state index contributed by atoms with van der Waals surface area (Å²) >= 11 is 0. The van der Waals surface area contributed by atoms with Crippen LogP contribution in [0.4, 0.5) is 0 Å². The van der Waals surface area contributed by atoms with E-state index in [4.69, 9.17) is 5.11 Å². The number of aliphatic carboxylic acids is 1. The minimum atomic E-state index is -0.801. The number of nitrogens with one attached hydrogen (secondary N) is 1. The summed E-state index contributed by atoms with van der Waals surface area (Å²) in [5.41, 5.74) is 1.96. The third kappa shape index (κ3) is 4.13. The molecule has 6 heteroatoms. The maximum atomic E-state index is 10.9. The maximum absolute atomic E-state index is 10.9. The molecule has 0 amide bonds. The predicted molar refractivity (Wildman–Crippen MR) is 78.9 cm³/mol. The van der Waals surface area contributed by atoms with Crippen LogP contribution >= 0.6 is 0 Å². The lowest BCUT2D eigenvalue weighted by molar-refractivity contribution is -0.138. The first-order chi connectivity index (χ1) is 10.1. The second kappa shape index (κ2) is 6.99. The van der Waals surface area contributed by atoms with Gasteiger partial charge in [-0.3, -0.25) is 4.79 Å². The summed E-state index contributed by atoms with van der Waals surface area (Å²) in [6.07, 6.45) is 2.52. The quantitative estimate of drug-likeness (QED) is 0.751. The molecule has 0 bridgehead atoms. The first-order valence-corrected chi connectivity index (χ1v) is 6.93. The Kier molecular flexibility index (Phi) is 5.05. The molecule has 0 saturated carbocycles. The second-order valence-electron chi connectivity index (χ2n) is 5.09. The van der Waals surface area contributed by atoms with E-state index in [1.165, 1.54) is 0 Å². The van der Waals surface area contributed by atoms with Gasteiger partial charge in [0.15, 0.2) is 0 Å². The highest BCUT2D eigenvalue weighted by Crippen LogP contribution is 2.15. The summed E-state index contributed by atoms with van der Waals surface area (Å²) < 4.78 is 1.91. The van der Waals surface area contributed by atoms with Gasteiger partial charge in [-0.2, -0.15) is 0 Å². The largest absolute Gasteiger partial charge is 0.481 e. The van der Waals surface area contributed by atoms with Crippen molar-refractivity contribution in [2.24, 2.45) is 7.05 Å². The van der Waals surface area contributed by atoms with Crippen LogP contribution in [0.5, 0.6) is 0 Å². The number of nitrogens with zero attached hydrogens (tertiary/aromatic N) is 3. The van der Waals surface area contributed by atoms with Crippen LogP contribution in [0, 0.1) is 0 Å². The van der Waals surface area contributed by atoms with E-state index in [0.29, 0.717) is 0 Å². The van der Waals surface area contributed by atoms with Gasteiger partial charge in [-0.15, -0.1) is 10.2 Å². The number of hydrogen-bond donors (Lipinski definition) is 2. The molecule has 0 spiro atoms. The van der Waals surface area contributed by atoms with Gasteiger partial charge < -0.3 is 15.0 Å². The van der Waals surface area contributed by atoms with Crippen LogP contribution in [0.3, 0.4) is 0 Å². The minimum Gasteiger partial charge on any atom is -0.481 e. The van der Waals surface area contributed by atoms with E-state index in [9.17, 15) is 4.79 Å². The maximum Gasteiger partial charge on any atom is 0.310 e. The molecule has 1 unspecified atom stereocenters. The lowest BCUT2D eigenvalue weighted by Gasteiger charge is -2.08. The Balaban J connectivity index is 1.79. The molecule has 1 aromatic carbocycles. The van der Waals surface area contributed by atoms with Crippen molar-refractivity contribution in [3.63, 3.8) is 0 Å². The summed E-state index contributed by atoms with van der Waals surface area (Å²) in [6, 6.07) is 7.67. The Morgan fingerprint density at radius 1 is 1.38 bits per heavy atom. The highest BCUT2D eigenvalue weighted by Gasteiger charge is 2.12. The molecule has 0 saturated heterocycles. The monoisotopic (exact) mass is 288 g/mol. The molecule has 0 aliphatic carbocycles. The number of benzene rings is 1. The zero-order valence-corrected chi connectivity index (χ0v) is 12.3. The van der Waals surface area contributed by atoms with E-state index < -0.39 is 11.9 Å². The number of rotatable bonds is 7. The van der Waals surface area contributed by atoms with Gasteiger partial charge in [0.05, 0.1) is 5.92 Å². The number of aromatic nitrogens is 3. The number of carboxylic acids is 1. The average molecular weight is 288 g/mol. The highest BCUT2D eigenvalue weighted by molar-refractivity contribution is 5.75. The van der Waals surface area contributed by atoms with Crippen molar-refractivity contribution >= 4 is 5.97 Å². The van der Waals surface area contributed by atoms with E-state index in [2.05, 4.69) is 15.5 Å². The summed E-state index contributed by atoms with van der Waals surface area (Å²) in [5.74, 6) is -0.319. The van der Waals surface area contributed by atoms with Crippen molar-refractivity contribution in [3.05, 3.63) is 47.5 Å². The standard InChI is InChI=1S/C15H20N4O2/c1-11(15(20)21)13-5-3-12(4-6-13)9-16-8-7-14-18-17-10-19(14)2/h3-6,10-11,16H,7-9H2,1-2H3,(H,20,21). The zero-order chi connectivity index (χ0) is 15.2. The van der Waals surface area contributed by atoms with Crippen LogP contribution in [-0.4, -0.2) is 32.4 Å². The lowest BCUT2D eigenvalue weighted by Crippen LogP contribution is -2.18. The number of carbonyl (C=O) groups is 1. The predicted octanol–water partition coefficient (Wildman–Crippen LogP) is 1.34. The fraction of sp³-hybridized carbons (Fsp3) is 0.400. The molecule has 0 aliphatic rings. The molecule has 0 fully saturated rings. The number of hydrogen-bond acceptors (Lipinski definition) is 4. The second-order valence-corrected chi connectivity index (χ2v) is 5.09. The van der Waals surface area contributed by atoms with Crippen molar-refractivity contribution in [2.75, 3.05) is 6.54 Å². The first-order valence-electron chi connectivity index (χ1n) is 6.93. The Morgan fingerprint density at radius 2 is 2.10 bits per heavy atom. The Morgan fingerprint density at radius 3 is 2.67 bits per heavy atom. The van der Waals surface area contributed by atoms with Gasteiger partial charge in [-0.25, -0.2) is 0 Å². The van der Waals surface area contributed by atoms with Crippen molar-refractivity contribution in [1.82, 2.24) is 20.1 Å². The van der Waals surface area contributed by atoms with Crippen molar-refractivity contribution in [3.8, 4) is 0 Å². The molecule has 2 N–H and O–H groups in total. The first kappa shape index (κ1) is 15.2. The smallest absolute Gasteiger partial charge is 0.310 e. The van der Waals surface area contributed by atoms with Crippen LogP contribution in [0.25, 0.3) is 0 Å². The topological polar surface area (TPSA) is 80.0 Å². The molecule has 21 heavy (non-hydrogen) atoms. The van der Waals surface area contributed by atoms with Gasteiger partial charge in [0.1, 0.15) is 12.2 Å². The van der Waals surface area contributed by atoms with Crippen LogP contribution < -0.4 is 5.32 Å². The fourth-order valence-electron chi connectivity index (χ4n) is 2.03. The zero-order valence-electron chi connectivity index (χ0n) is 12.3. The lowest BCUT2D eigenvalue weighted by atomic mass is 10.0. The molecule has 2 rings (SSSR count). The normalized spacial score (nSPS) is 12.3. The number of aryl methyl sites for hydroxylation is 1. The van der Waals surface area contributed by atoms with Crippen LogP contribution in [0.2, 0.25) is 0 Å². The summed E-state index contributed by atoms with van der Waals surface area (Å²) in [5, 5.41) is 20.2. The summed E-state index contributed by atoms with van der Waals surface area (Å²) in [7, 11) is 1.93. The van der Waals surface area contributed by atoms with Crippen molar-refractivity contribution in [1.29, 1.82) is 0 Å². The number of carboxylic acid groups (broad SMARTS) is 1. The molecule has 2 aromatic rings. The minimum absolute atomic E-state index is 0.470. The van der Waals surface area contributed by atoms with Crippen LogP contribution in [0.15, 0.2) is 30.6 Å². The van der Waals surface area contributed by atoms with Gasteiger partial charge in [-0.1, -0.05) is 24.3 Å². The SMILES string of the molecule is CC(C(=O)O)c1ccc(CNCCc2nncn2C)cc1. The molecule has 0 radical (unpaired) electrons. The van der Waals surface area contributed by atoms with Crippen LogP contribution in [-0.2, 0) is 24.8 Å². The summed E-state index contributed by atoms with van der Waals surface area (Å²) in [4.78, 5) is 10.9. The molecule has 0 aliphatic heterocycles. The molecule has 1 heterocycles. The Bertz CT molecular complexity index is 592. The van der Waals surface area contributed by atoms with E-state index >= 15 is 0 Å². The highest BCUT2D eigenvalue weighted by atomic mass is 16.4. The average Bonchev–Trinajstić information content (AvgIpc) is 2.89. The fourth-order valence-corrected chi connectivity index (χ4v) is 2.03. The van der Waals surface area contributed by atoms with Gasteiger partial charge in [0.25, 0.3) is 0 Å². The van der Waals surface area contributed by atoms with Crippen molar-refractivity contribution < 1.29 is 9.90 Å². The summed E-state index contributed by atoms with van der Waals surface area (Å²) in [6.45, 7) is 3.26. The van der Waals surface area contributed by atoms with Gasteiger partial charge in [0.2, 0.25) is 0 Å². The Hall–Kier alpha value is -2.21.